The number of nitrogens with zero attached hydrogens (tertiary/aromatic N) is 2. The molecule has 0 saturated carbocycles. The minimum Gasteiger partial charge on any atom is -0.481 e. The number of carbonyl (C=O) groups is 1. The van der Waals surface area contributed by atoms with Crippen molar-refractivity contribution in [1.29, 1.82) is 0 Å². The fourth-order valence-electron chi connectivity index (χ4n) is 2.53. The number of thiazole rings is 1. The zero-order valence-corrected chi connectivity index (χ0v) is 15.5. The number of aryl methyl sites for hydroxylation is 1. The van der Waals surface area contributed by atoms with Gasteiger partial charge in [0.25, 0.3) is 5.91 Å². The quantitative estimate of drug-likeness (QED) is 0.901. The first-order chi connectivity index (χ1) is 11.4. The molecule has 1 aromatic carbocycles. The highest BCUT2D eigenvalue weighted by atomic mass is 35.5. The van der Waals surface area contributed by atoms with Gasteiger partial charge in [-0.3, -0.25) is 10.1 Å². The van der Waals surface area contributed by atoms with Gasteiger partial charge < -0.3 is 9.64 Å². The monoisotopic (exact) mass is 365 g/mol. The van der Waals surface area contributed by atoms with E-state index < -0.39 is 6.10 Å². The minimum atomic E-state index is -0.617. The number of ether oxygens (including phenoxy) is 1. The van der Waals surface area contributed by atoms with E-state index in [1.807, 2.05) is 13.0 Å². The second-order valence-electron chi connectivity index (χ2n) is 6.04. The highest BCUT2D eigenvalue weighted by Crippen LogP contribution is 2.28. The largest absolute Gasteiger partial charge is 0.481 e. The lowest BCUT2D eigenvalue weighted by Crippen LogP contribution is -2.30. The third-order valence-corrected chi connectivity index (χ3v) is 5.39. The number of aromatic nitrogens is 1. The SMILES string of the molecule is Cc1cc(OC(C)C(=O)Nc2nc3c(s2)CN(C)CC3)ccc1Cl. The molecule has 5 nitrogen and oxygen atoms in total. The van der Waals surface area contributed by atoms with E-state index in [0.717, 1.165) is 30.8 Å². The molecule has 1 N–H and O–H groups in total. The molecule has 1 aliphatic heterocycles. The van der Waals surface area contributed by atoms with Crippen molar-refractivity contribution in [2.75, 3.05) is 18.9 Å². The van der Waals surface area contributed by atoms with E-state index in [-0.39, 0.29) is 5.91 Å². The van der Waals surface area contributed by atoms with Gasteiger partial charge in [0.15, 0.2) is 11.2 Å². The van der Waals surface area contributed by atoms with Gasteiger partial charge in [0.05, 0.1) is 5.69 Å². The third kappa shape index (κ3) is 3.88. The Labute approximate surface area is 150 Å². The number of fused-ring (bicyclic) bond motifs is 1. The number of nitrogens with one attached hydrogen (secondary N) is 1. The highest BCUT2D eigenvalue weighted by molar-refractivity contribution is 7.15. The summed E-state index contributed by atoms with van der Waals surface area (Å²) in [4.78, 5) is 20.3. The third-order valence-electron chi connectivity index (χ3n) is 3.96. The number of hydrogen-bond donors (Lipinski definition) is 1. The number of rotatable bonds is 4. The highest BCUT2D eigenvalue weighted by Gasteiger charge is 2.21. The molecular formula is C17H20ClN3O2S. The second kappa shape index (κ2) is 7.09. The zero-order chi connectivity index (χ0) is 17.3. The van der Waals surface area contributed by atoms with E-state index in [1.165, 1.54) is 16.2 Å². The van der Waals surface area contributed by atoms with Gasteiger partial charge in [-0.1, -0.05) is 11.6 Å². The van der Waals surface area contributed by atoms with Gasteiger partial charge in [-0.05, 0) is 44.7 Å². The van der Waals surface area contributed by atoms with Gasteiger partial charge in [-0.15, -0.1) is 11.3 Å². The number of anilines is 1. The van der Waals surface area contributed by atoms with Gasteiger partial charge in [0.1, 0.15) is 5.75 Å². The lowest BCUT2D eigenvalue weighted by Gasteiger charge is -2.20. The molecule has 24 heavy (non-hydrogen) atoms. The van der Waals surface area contributed by atoms with Gasteiger partial charge >= 0.3 is 0 Å². The predicted octanol–water partition coefficient (Wildman–Crippen LogP) is 3.50. The van der Waals surface area contributed by atoms with Crippen molar-refractivity contribution in [2.24, 2.45) is 0 Å². The maximum absolute atomic E-state index is 12.3. The zero-order valence-electron chi connectivity index (χ0n) is 13.9. The van der Waals surface area contributed by atoms with E-state index in [4.69, 9.17) is 16.3 Å². The fourth-order valence-corrected chi connectivity index (χ4v) is 3.74. The second-order valence-corrected chi connectivity index (χ2v) is 7.53. The Hall–Kier alpha value is -1.63. The molecule has 0 saturated heterocycles. The lowest BCUT2D eigenvalue weighted by molar-refractivity contribution is -0.122. The Bertz CT molecular complexity index is 762. The molecular weight excluding hydrogens is 346 g/mol. The molecule has 2 aromatic rings. The summed E-state index contributed by atoms with van der Waals surface area (Å²) in [5.41, 5.74) is 2.01. The first-order valence-electron chi connectivity index (χ1n) is 7.83. The Kier molecular flexibility index (Phi) is 5.08. The molecule has 0 fully saturated rings. The van der Waals surface area contributed by atoms with E-state index in [2.05, 4.69) is 22.2 Å². The van der Waals surface area contributed by atoms with Crippen molar-refractivity contribution < 1.29 is 9.53 Å². The smallest absolute Gasteiger partial charge is 0.266 e. The number of amides is 1. The average Bonchev–Trinajstić information content (AvgIpc) is 2.92. The number of benzene rings is 1. The molecule has 7 heteroatoms. The van der Waals surface area contributed by atoms with Crippen LogP contribution < -0.4 is 10.1 Å². The summed E-state index contributed by atoms with van der Waals surface area (Å²) in [6, 6.07) is 5.35. The summed E-state index contributed by atoms with van der Waals surface area (Å²) >= 11 is 7.54. The predicted molar refractivity (Wildman–Crippen MR) is 97.1 cm³/mol. The molecule has 1 unspecified atom stereocenters. The molecule has 0 radical (unpaired) electrons. The molecule has 1 amide bonds. The summed E-state index contributed by atoms with van der Waals surface area (Å²) in [5, 5.41) is 4.18. The normalized spacial score (nSPS) is 15.7. The van der Waals surface area contributed by atoms with Crippen LogP contribution in [0.15, 0.2) is 18.2 Å². The summed E-state index contributed by atoms with van der Waals surface area (Å²) in [5.74, 6) is 0.418. The van der Waals surface area contributed by atoms with Crippen LogP contribution in [0.4, 0.5) is 5.13 Å². The summed E-state index contributed by atoms with van der Waals surface area (Å²) in [6.45, 7) is 5.51. The van der Waals surface area contributed by atoms with E-state index in [0.29, 0.717) is 15.9 Å². The molecule has 0 spiro atoms. The van der Waals surface area contributed by atoms with Crippen LogP contribution in [0.3, 0.4) is 0 Å². The van der Waals surface area contributed by atoms with E-state index in [1.54, 1.807) is 19.1 Å². The average molecular weight is 366 g/mol. The number of halogens is 1. The van der Waals surface area contributed by atoms with Crippen molar-refractivity contribution in [3.05, 3.63) is 39.4 Å². The first-order valence-corrected chi connectivity index (χ1v) is 9.02. The van der Waals surface area contributed by atoms with Crippen LogP contribution in [-0.4, -0.2) is 35.5 Å². The summed E-state index contributed by atoms with van der Waals surface area (Å²) < 4.78 is 5.70. The molecule has 2 heterocycles. The molecule has 3 rings (SSSR count). The molecule has 1 aliphatic rings. The number of hydrogen-bond acceptors (Lipinski definition) is 5. The van der Waals surface area contributed by atoms with Crippen molar-refractivity contribution in [3.8, 4) is 5.75 Å². The van der Waals surface area contributed by atoms with Crippen LogP contribution in [0.1, 0.15) is 23.1 Å². The summed E-state index contributed by atoms with van der Waals surface area (Å²) in [7, 11) is 2.09. The van der Waals surface area contributed by atoms with E-state index in [9.17, 15) is 4.79 Å². The van der Waals surface area contributed by atoms with E-state index >= 15 is 0 Å². The van der Waals surface area contributed by atoms with Gasteiger partial charge in [-0.25, -0.2) is 4.98 Å². The van der Waals surface area contributed by atoms with Crippen molar-refractivity contribution in [2.45, 2.75) is 32.9 Å². The minimum absolute atomic E-state index is 0.206. The topological polar surface area (TPSA) is 54.5 Å². The standard InChI is InChI=1S/C17H20ClN3O2S/c1-10-8-12(4-5-13(10)18)23-11(2)16(22)20-17-19-14-6-7-21(3)9-15(14)24-17/h4-5,8,11H,6-7,9H2,1-3H3,(H,19,20,22). The van der Waals surface area contributed by atoms with Crippen LogP contribution in [0.2, 0.25) is 5.02 Å². The maximum Gasteiger partial charge on any atom is 0.266 e. The van der Waals surface area contributed by atoms with Gasteiger partial charge in [0.2, 0.25) is 0 Å². The van der Waals surface area contributed by atoms with Crippen LogP contribution in [0.5, 0.6) is 5.75 Å². The first kappa shape index (κ1) is 17.2. The molecule has 1 aromatic heterocycles. The Balaban J connectivity index is 1.63. The molecule has 1 atom stereocenters. The molecule has 0 aliphatic carbocycles. The van der Waals surface area contributed by atoms with Crippen LogP contribution >= 0.6 is 22.9 Å². The summed E-state index contributed by atoms with van der Waals surface area (Å²) in [6.07, 6.45) is 0.308. The number of likely N-dealkylation sites (N-methyl/N-ethyl adjacent to an activating group) is 1. The Morgan fingerprint density at radius 2 is 2.29 bits per heavy atom. The van der Waals surface area contributed by atoms with Crippen molar-refractivity contribution in [3.63, 3.8) is 0 Å². The number of carbonyl (C=O) groups excluding carboxylic acids is 1. The van der Waals surface area contributed by atoms with Gasteiger partial charge in [0, 0.05) is 29.4 Å². The fraction of sp³-hybridized carbons (Fsp3) is 0.412. The molecule has 128 valence electrons. The maximum atomic E-state index is 12.3. The molecule has 0 bridgehead atoms. The van der Waals surface area contributed by atoms with Crippen molar-refractivity contribution >= 4 is 34.0 Å². The van der Waals surface area contributed by atoms with Gasteiger partial charge in [-0.2, -0.15) is 0 Å². The Morgan fingerprint density at radius 1 is 1.50 bits per heavy atom. The van der Waals surface area contributed by atoms with Crippen LogP contribution in [0, 0.1) is 6.92 Å². The van der Waals surface area contributed by atoms with Crippen molar-refractivity contribution in [1.82, 2.24) is 9.88 Å². The Morgan fingerprint density at radius 3 is 3.04 bits per heavy atom. The van der Waals surface area contributed by atoms with Crippen LogP contribution in [0.25, 0.3) is 0 Å². The lowest BCUT2D eigenvalue weighted by atomic mass is 10.2. The van der Waals surface area contributed by atoms with Crippen LogP contribution in [-0.2, 0) is 17.8 Å².